The highest BCUT2D eigenvalue weighted by Gasteiger charge is 2.12. The molecule has 3 N–H and O–H groups in total. The van der Waals surface area contributed by atoms with E-state index in [-0.39, 0.29) is 0 Å². The van der Waals surface area contributed by atoms with Gasteiger partial charge < -0.3 is 0 Å². The van der Waals surface area contributed by atoms with Gasteiger partial charge in [0.2, 0.25) is 0 Å². The van der Waals surface area contributed by atoms with Crippen molar-refractivity contribution in [3.8, 4) is 0 Å². The van der Waals surface area contributed by atoms with E-state index in [0.717, 1.165) is 5.92 Å². The summed E-state index contributed by atoms with van der Waals surface area (Å²) in [6.45, 7) is 0. The Bertz CT molecular complexity index is 113. The molecule has 0 bridgehead atoms. The van der Waals surface area contributed by atoms with Gasteiger partial charge in [0.15, 0.2) is 0 Å². The summed E-state index contributed by atoms with van der Waals surface area (Å²) in [7, 11) is 1.81. The van der Waals surface area contributed by atoms with Crippen LogP contribution in [0.5, 0.6) is 0 Å². The summed E-state index contributed by atoms with van der Waals surface area (Å²) in [6, 6.07) is 0. The maximum Gasteiger partial charge on any atom is 0.0181 e. The molecule has 0 heterocycles. The Morgan fingerprint density at radius 3 is 2.67 bits per heavy atom. The minimum absolute atomic E-state index is 0.913. The maximum absolute atomic E-state index is 5.41. The Morgan fingerprint density at radius 2 is 2.08 bits per heavy atom. The third-order valence-electron chi connectivity index (χ3n) is 2.25. The second-order valence-corrected chi connectivity index (χ2v) is 4.32. The van der Waals surface area contributed by atoms with Crippen molar-refractivity contribution in [1.29, 1.82) is 0 Å². The topological polar surface area (TPSA) is 41.3 Å². The number of rotatable bonds is 4. The number of nitrogens with zero attached hydrogens (tertiary/aromatic N) is 1. The summed E-state index contributed by atoms with van der Waals surface area (Å²) in [6.07, 6.45) is 7.09. The molecule has 3 nitrogen and oxygen atoms in total. The molecule has 0 aromatic carbocycles. The highest BCUT2D eigenvalue weighted by Crippen LogP contribution is 2.25. The zero-order valence-corrected chi connectivity index (χ0v) is 8.57. The van der Waals surface area contributed by atoms with Crippen LogP contribution in [0.3, 0.4) is 0 Å². The quantitative estimate of drug-likeness (QED) is 0.400. The molecule has 0 aromatic heterocycles. The molecule has 4 heteroatoms. The molecule has 0 saturated heterocycles. The van der Waals surface area contributed by atoms with Gasteiger partial charge in [0.1, 0.15) is 0 Å². The average Bonchev–Trinajstić information content (AvgIpc) is 2.05. The lowest BCUT2D eigenvalue weighted by atomic mass is 9.91. The van der Waals surface area contributed by atoms with E-state index in [2.05, 4.69) is 4.83 Å². The second kappa shape index (κ2) is 5.80. The summed E-state index contributed by atoms with van der Waals surface area (Å²) in [5.74, 6) is 7.52. The molecule has 0 amide bonds. The SMILES string of the molecule is CN(N)NSCC1CCCCC1. The number of hydrogen-bond donors (Lipinski definition) is 2. The van der Waals surface area contributed by atoms with E-state index in [1.54, 1.807) is 11.9 Å². The molecular formula is C8H19N3S. The molecule has 0 aromatic rings. The van der Waals surface area contributed by atoms with E-state index < -0.39 is 0 Å². The van der Waals surface area contributed by atoms with Gasteiger partial charge in [0, 0.05) is 12.8 Å². The van der Waals surface area contributed by atoms with Gasteiger partial charge in [0.05, 0.1) is 0 Å². The van der Waals surface area contributed by atoms with E-state index in [1.807, 2.05) is 7.05 Å². The predicted molar refractivity (Wildman–Crippen MR) is 54.1 cm³/mol. The predicted octanol–water partition coefficient (Wildman–Crippen LogP) is 1.52. The molecule has 12 heavy (non-hydrogen) atoms. The first-order chi connectivity index (χ1) is 5.79. The Labute approximate surface area is 79.1 Å². The third kappa shape index (κ3) is 4.30. The fraction of sp³-hybridized carbons (Fsp3) is 1.00. The van der Waals surface area contributed by atoms with Crippen LogP contribution in [0.1, 0.15) is 32.1 Å². The Kier molecular flexibility index (Phi) is 4.99. The standard InChI is InChI=1S/C8H19N3S/c1-11(9)10-12-7-8-5-3-2-4-6-8/h8,10H,2-7,9H2,1H3. The molecule has 1 aliphatic carbocycles. The lowest BCUT2D eigenvalue weighted by molar-refractivity contribution is 0.322. The number of hydrazine groups is 2. The zero-order valence-electron chi connectivity index (χ0n) is 7.75. The van der Waals surface area contributed by atoms with Crippen molar-refractivity contribution >= 4 is 11.9 Å². The third-order valence-corrected chi connectivity index (χ3v) is 3.31. The van der Waals surface area contributed by atoms with Crippen molar-refractivity contribution in [2.45, 2.75) is 32.1 Å². The summed E-state index contributed by atoms with van der Waals surface area (Å²) in [5, 5.41) is 1.51. The zero-order chi connectivity index (χ0) is 8.81. The molecule has 72 valence electrons. The maximum atomic E-state index is 5.41. The van der Waals surface area contributed by atoms with Crippen molar-refractivity contribution in [3.05, 3.63) is 0 Å². The van der Waals surface area contributed by atoms with Crippen LogP contribution in [-0.2, 0) is 0 Å². The lowest BCUT2D eigenvalue weighted by Gasteiger charge is -2.21. The highest BCUT2D eigenvalue weighted by molar-refractivity contribution is 7.97. The van der Waals surface area contributed by atoms with Crippen molar-refractivity contribution < 1.29 is 0 Å². The van der Waals surface area contributed by atoms with Crippen molar-refractivity contribution in [3.63, 3.8) is 0 Å². The largest absolute Gasteiger partial charge is 0.255 e. The van der Waals surface area contributed by atoms with Crippen molar-refractivity contribution in [2.24, 2.45) is 11.8 Å². The van der Waals surface area contributed by atoms with Gasteiger partial charge in [0.25, 0.3) is 0 Å². The molecule has 0 atom stereocenters. The van der Waals surface area contributed by atoms with Crippen LogP contribution in [0.25, 0.3) is 0 Å². The summed E-state index contributed by atoms with van der Waals surface area (Å²) in [4.78, 5) is 3.02. The molecular weight excluding hydrogens is 170 g/mol. The first-order valence-corrected chi connectivity index (χ1v) is 5.63. The van der Waals surface area contributed by atoms with E-state index >= 15 is 0 Å². The summed E-state index contributed by atoms with van der Waals surface area (Å²) in [5.41, 5.74) is 0. The van der Waals surface area contributed by atoms with Crippen LogP contribution in [0.4, 0.5) is 0 Å². The van der Waals surface area contributed by atoms with E-state index in [9.17, 15) is 0 Å². The van der Waals surface area contributed by atoms with Crippen LogP contribution >= 0.6 is 11.9 Å². The molecule has 1 saturated carbocycles. The van der Waals surface area contributed by atoms with Gasteiger partial charge >= 0.3 is 0 Å². The monoisotopic (exact) mass is 189 g/mol. The van der Waals surface area contributed by atoms with Crippen LogP contribution in [0, 0.1) is 5.92 Å². The molecule has 0 radical (unpaired) electrons. The number of nitrogens with one attached hydrogen (secondary N) is 1. The van der Waals surface area contributed by atoms with Gasteiger partial charge in [-0.15, -0.1) is 0 Å². The fourth-order valence-electron chi connectivity index (χ4n) is 1.61. The van der Waals surface area contributed by atoms with E-state index in [1.165, 1.54) is 43.0 Å². The second-order valence-electron chi connectivity index (χ2n) is 3.52. The minimum atomic E-state index is 0.913. The molecule has 1 aliphatic rings. The Hall–Kier alpha value is 0.230. The van der Waals surface area contributed by atoms with Crippen LogP contribution in [0.2, 0.25) is 0 Å². The van der Waals surface area contributed by atoms with Crippen LogP contribution in [0.15, 0.2) is 0 Å². The number of nitrogens with two attached hydrogens (primary N) is 1. The van der Waals surface area contributed by atoms with Gasteiger partial charge in [-0.05, 0) is 18.8 Å². The number of hydrogen-bond acceptors (Lipinski definition) is 4. The normalized spacial score (nSPS) is 20.2. The molecule has 0 spiro atoms. The van der Waals surface area contributed by atoms with E-state index in [4.69, 9.17) is 5.84 Å². The van der Waals surface area contributed by atoms with Crippen molar-refractivity contribution in [1.82, 2.24) is 9.95 Å². The van der Waals surface area contributed by atoms with E-state index in [0.29, 0.717) is 0 Å². The highest BCUT2D eigenvalue weighted by atomic mass is 32.2. The van der Waals surface area contributed by atoms with Crippen LogP contribution in [-0.4, -0.2) is 17.9 Å². The first-order valence-electron chi connectivity index (χ1n) is 4.65. The average molecular weight is 189 g/mol. The van der Waals surface area contributed by atoms with Crippen LogP contribution < -0.4 is 10.7 Å². The van der Waals surface area contributed by atoms with Gasteiger partial charge in [-0.2, -0.15) is 9.95 Å². The molecule has 0 aliphatic heterocycles. The Morgan fingerprint density at radius 1 is 1.42 bits per heavy atom. The molecule has 1 rings (SSSR count). The van der Waals surface area contributed by atoms with Gasteiger partial charge in [-0.1, -0.05) is 31.2 Å². The van der Waals surface area contributed by atoms with Gasteiger partial charge in [-0.25, -0.2) is 0 Å². The summed E-state index contributed by atoms with van der Waals surface area (Å²) < 4.78 is 0. The fourth-order valence-corrected chi connectivity index (χ4v) is 2.46. The first kappa shape index (κ1) is 10.3. The smallest absolute Gasteiger partial charge is 0.0181 e. The van der Waals surface area contributed by atoms with Crippen molar-refractivity contribution in [2.75, 3.05) is 12.8 Å². The lowest BCUT2D eigenvalue weighted by Crippen LogP contribution is -2.36. The molecule has 0 unspecified atom stereocenters. The summed E-state index contributed by atoms with van der Waals surface area (Å²) >= 11 is 1.72. The van der Waals surface area contributed by atoms with Gasteiger partial charge in [-0.3, -0.25) is 5.84 Å². The molecule has 1 fully saturated rings. The minimum Gasteiger partial charge on any atom is -0.255 e. The Balaban J connectivity index is 1.98.